The monoisotopic (exact) mass is 331 g/mol. The van der Waals surface area contributed by atoms with Crippen molar-refractivity contribution >= 4 is 11.6 Å². The van der Waals surface area contributed by atoms with Crippen LogP contribution in [0.25, 0.3) is 11.6 Å². The lowest BCUT2D eigenvalue weighted by molar-refractivity contribution is 0.415. The highest BCUT2D eigenvalue weighted by Gasteiger charge is 1.98. The van der Waals surface area contributed by atoms with Gasteiger partial charge in [-0.2, -0.15) is 0 Å². The molecule has 0 atom stereocenters. The molecule has 0 bridgehead atoms. The fraction of sp³-hybridized carbons (Fsp3) is 0.130. The molecule has 0 amide bonds. The van der Waals surface area contributed by atoms with E-state index < -0.39 is 0 Å². The van der Waals surface area contributed by atoms with E-state index in [2.05, 4.69) is 54.6 Å². The molecule has 0 unspecified atom stereocenters. The summed E-state index contributed by atoms with van der Waals surface area (Å²) in [7, 11) is 1.68. The number of hydrogen-bond donors (Lipinski definition) is 1. The van der Waals surface area contributed by atoms with Gasteiger partial charge in [0.1, 0.15) is 5.75 Å². The molecule has 25 heavy (non-hydrogen) atoms. The molecule has 128 valence electrons. The third kappa shape index (κ3) is 6.28. The zero-order chi connectivity index (χ0) is 17.9. The number of nitrogens with two attached hydrogens (primary N) is 1. The Balaban J connectivity index is 2.29. The van der Waals surface area contributed by atoms with Gasteiger partial charge >= 0.3 is 0 Å². The van der Waals surface area contributed by atoms with E-state index in [1.165, 1.54) is 5.56 Å². The molecule has 2 rings (SSSR count). The minimum absolute atomic E-state index is 0.555. The summed E-state index contributed by atoms with van der Waals surface area (Å²) in [6.07, 6.45) is 12.5. The summed E-state index contributed by atoms with van der Waals surface area (Å²) >= 11 is 0. The normalized spacial score (nSPS) is 12.9. The molecule has 0 aliphatic heterocycles. The standard InChI is InChI=1S/C23H25NO/c1-19(17-18-24)7-6-10-21(12-11-20-8-4-3-5-9-20)22-13-15-23(25-2)16-14-22/h3-17H,18,24H2,1-2H3/b7-6+,12-11+,19-17+,21-10-. The summed E-state index contributed by atoms with van der Waals surface area (Å²) < 4.78 is 5.25. The zero-order valence-corrected chi connectivity index (χ0v) is 14.9. The molecule has 2 nitrogen and oxygen atoms in total. The van der Waals surface area contributed by atoms with Gasteiger partial charge in [-0.3, -0.25) is 0 Å². The minimum Gasteiger partial charge on any atom is -0.497 e. The van der Waals surface area contributed by atoms with E-state index in [1.54, 1.807) is 7.11 Å². The quantitative estimate of drug-likeness (QED) is 0.703. The van der Waals surface area contributed by atoms with Gasteiger partial charge in [-0.25, -0.2) is 0 Å². The summed E-state index contributed by atoms with van der Waals surface area (Å²) in [6.45, 7) is 2.60. The molecule has 2 heteroatoms. The molecule has 0 radical (unpaired) electrons. The van der Waals surface area contributed by atoms with Crippen LogP contribution in [0.15, 0.2) is 90.6 Å². The predicted molar refractivity (Wildman–Crippen MR) is 108 cm³/mol. The molecule has 2 N–H and O–H groups in total. The highest BCUT2D eigenvalue weighted by molar-refractivity contribution is 5.80. The summed E-state index contributed by atoms with van der Waals surface area (Å²) in [6, 6.07) is 18.4. The average molecular weight is 331 g/mol. The van der Waals surface area contributed by atoms with E-state index >= 15 is 0 Å². The van der Waals surface area contributed by atoms with E-state index in [1.807, 2.05) is 43.3 Å². The number of ether oxygens (including phenoxy) is 1. The van der Waals surface area contributed by atoms with Crippen LogP contribution in [0.1, 0.15) is 18.1 Å². The number of hydrogen-bond acceptors (Lipinski definition) is 2. The second-order valence-corrected chi connectivity index (χ2v) is 5.64. The molecule has 0 aliphatic carbocycles. The summed E-state index contributed by atoms with van der Waals surface area (Å²) in [5, 5.41) is 0. The Morgan fingerprint density at radius 2 is 1.72 bits per heavy atom. The maximum atomic E-state index is 5.54. The molecule has 0 aliphatic rings. The van der Waals surface area contributed by atoms with Crippen LogP contribution in [0, 0.1) is 0 Å². The van der Waals surface area contributed by atoms with Gasteiger partial charge < -0.3 is 10.5 Å². The molecule has 2 aromatic carbocycles. The van der Waals surface area contributed by atoms with Crippen molar-refractivity contribution in [3.8, 4) is 5.75 Å². The van der Waals surface area contributed by atoms with Crippen LogP contribution in [0.2, 0.25) is 0 Å². The van der Waals surface area contributed by atoms with Crippen LogP contribution in [-0.2, 0) is 0 Å². The van der Waals surface area contributed by atoms with Gasteiger partial charge in [-0.1, -0.05) is 84.5 Å². The first-order valence-electron chi connectivity index (χ1n) is 8.35. The Bertz CT molecular complexity index is 765. The fourth-order valence-electron chi connectivity index (χ4n) is 2.34. The molecular weight excluding hydrogens is 306 g/mol. The van der Waals surface area contributed by atoms with Gasteiger partial charge in [0.15, 0.2) is 0 Å². The van der Waals surface area contributed by atoms with Crippen molar-refractivity contribution < 1.29 is 4.74 Å². The lowest BCUT2D eigenvalue weighted by Gasteiger charge is -2.04. The van der Waals surface area contributed by atoms with Crippen LogP contribution in [0.5, 0.6) is 5.75 Å². The average Bonchev–Trinajstić information content (AvgIpc) is 2.65. The number of rotatable bonds is 7. The Morgan fingerprint density at radius 3 is 2.36 bits per heavy atom. The fourth-order valence-corrected chi connectivity index (χ4v) is 2.34. The van der Waals surface area contributed by atoms with Crippen LogP contribution in [-0.4, -0.2) is 13.7 Å². The van der Waals surface area contributed by atoms with E-state index in [0.29, 0.717) is 6.54 Å². The van der Waals surface area contributed by atoms with Crippen molar-refractivity contribution in [3.05, 3.63) is 102 Å². The topological polar surface area (TPSA) is 35.2 Å². The minimum atomic E-state index is 0.555. The zero-order valence-electron chi connectivity index (χ0n) is 14.9. The Hall–Kier alpha value is -2.84. The second-order valence-electron chi connectivity index (χ2n) is 5.64. The summed E-state index contributed by atoms with van der Waals surface area (Å²) in [4.78, 5) is 0. The number of benzene rings is 2. The van der Waals surface area contributed by atoms with Crippen LogP contribution >= 0.6 is 0 Å². The molecule has 0 spiro atoms. The number of allylic oxidation sites excluding steroid dienone is 6. The van der Waals surface area contributed by atoms with Crippen molar-refractivity contribution in [1.29, 1.82) is 0 Å². The van der Waals surface area contributed by atoms with E-state index in [4.69, 9.17) is 10.5 Å². The van der Waals surface area contributed by atoms with Crippen molar-refractivity contribution in [2.24, 2.45) is 5.73 Å². The lowest BCUT2D eigenvalue weighted by Crippen LogP contribution is -1.93. The number of methoxy groups -OCH3 is 1. The Kier molecular flexibility index (Phi) is 7.48. The predicted octanol–water partition coefficient (Wildman–Crippen LogP) is 5.25. The molecule has 2 aromatic rings. The smallest absolute Gasteiger partial charge is 0.118 e. The lowest BCUT2D eigenvalue weighted by atomic mass is 10.0. The third-order valence-corrected chi connectivity index (χ3v) is 3.75. The van der Waals surface area contributed by atoms with Gasteiger partial charge in [-0.05, 0) is 35.8 Å². The van der Waals surface area contributed by atoms with Crippen molar-refractivity contribution in [2.75, 3.05) is 13.7 Å². The maximum Gasteiger partial charge on any atom is 0.118 e. The van der Waals surface area contributed by atoms with E-state index in [0.717, 1.165) is 22.5 Å². The molecule has 0 fully saturated rings. The summed E-state index contributed by atoms with van der Waals surface area (Å²) in [5.41, 5.74) is 10.1. The molecule has 0 saturated carbocycles. The van der Waals surface area contributed by atoms with E-state index in [-0.39, 0.29) is 0 Å². The largest absolute Gasteiger partial charge is 0.497 e. The van der Waals surface area contributed by atoms with Gasteiger partial charge in [0.05, 0.1) is 7.11 Å². The highest BCUT2D eigenvalue weighted by Crippen LogP contribution is 2.21. The first kappa shape index (κ1) is 18.5. The third-order valence-electron chi connectivity index (χ3n) is 3.75. The van der Waals surface area contributed by atoms with Gasteiger partial charge in [0, 0.05) is 6.54 Å². The van der Waals surface area contributed by atoms with Crippen LogP contribution < -0.4 is 10.5 Å². The Labute approximate surface area is 150 Å². The van der Waals surface area contributed by atoms with Crippen LogP contribution in [0.4, 0.5) is 0 Å². The highest BCUT2D eigenvalue weighted by atomic mass is 16.5. The second kappa shape index (κ2) is 10.1. The van der Waals surface area contributed by atoms with Crippen molar-refractivity contribution in [3.63, 3.8) is 0 Å². The molecular formula is C23H25NO. The first-order chi connectivity index (χ1) is 12.2. The van der Waals surface area contributed by atoms with Gasteiger partial charge in [-0.15, -0.1) is 0 Å². The van der Waals surface area contributed by atoms with Crippen molar-refractivity contribution in [1.82, 2.24) is 0 Å². The van der Waals surface area contributed by atoms with Crippen LogP contribution in [0.3, 0.4) is 0 Å². The van der Waals surface area contributed by atoms with Gasteiger partial charge in [0.25, 0.3) is 0 Å². The maximum absolute atomic E-state index is 5.54. The first-order valence-corrected chi connectivity index (χ1v) is 8.35. The van der Waals surface area contributed by atoms with Gasteiger partial charge in [0.2, 0.25) is 0 Å². The molecule has 0 saturated heterocycles. The van der Waals surface area contributed by atoms with E-state index in [9.17, 15) is 0 Å². The molecule has 0 heterocycles. The SMILES string of the molecule is COc1ccc(C(=C\C=C\C(C)=C\CN)/C=C/c2ccccc2)cc1. The Morgan fingerprint density at radius 1 is 1.00 bits per heavy atom. The summed E-state index contributed by atoms with van der Waals surface area (Å²) in [5.74, 6) is 0.854. The van der Waals surface area contributed by atoms with Crippen molar-refractivity contribution in [2.45, 2.75) is 6.92 Å². The molecule has 0 aromatic heterocycles.